The van der Waals surface area contributed by atoms with Crippen LogP contribution >= 0.6 is 0 Å². The number of hydrogen-bond donors (Lipinski definition) is 3. The molecule has 0 amide bonds. The minimum Gasteiger partial charge on any atom is -0.454 e. The van der Waals surface area contributed by atoms with Crippen LogP contribution in [0.1, 0.15) is 67.6 Å². The van der Waals surface area contributed by atoms with E-state index < -0.39 is 39.6 Å². The molecule has 3 heterocycles. The van der Waals surface area contributed by atoms with E-state index in [4.69, 9.17) is 9.72 Å². The lowest BCUT2D eigenvalue weighted by Crippen LogP contribution is -2.27. The lowest BCUT2D eigenvalue weighted by Gasteiger charge is -2.26. The zero-order chi connectivity index (χ0) is 33.5. The number of aryl methyl sites for hydroxylation is 2. The van der Waals surface area contributed by atoms with Gasteiger partial charge in [-0.1, -0.05) is 44.5 Å². The van der Waals surface area contributed by atoms with E-state index in [1.54, 1.807) is 37.5 Å². The summed E-state index contributed by atoms with van der Waals surface area (Å²) in [5, 5.41) is 25.2. The van der Waals surface area contributed by atoms with Gasteiger partial charge in [-0.05, 0) is 60.1 Å². The molecule has 248 valence electrons. The van der Waals surface area contributed by atoms with Crippen LogP contribution in [0, 0.1) is 17.0 Å². The highest BCUT2D eigenvalue weighted by atomic mass is 32.2. The van der Waals surface area contributed by atoms with E-state index in [1.165, 1.54) is 28.9 Å². The topological polar surface area (TPSA) is 130 Å². The number of benzene rings is 3. The highest BCUT2D eigenvalue weighted by Gasteiger charge is 2.30. The summed E-state index contributed by atoms with van der Waals surface area (Å²) in [6, 6.07) is 14.3. The molecule has 12 heteroatoms. The van der Waals surface area contributed by atoms with Crippen LogP contribution in [-0.4, -0.2) is 56.5 Å². The summed E-state index contributed by atoms with van der Waals surface area (Å²) in [5.74, 6) is -1.19. The predicted molar refractivity (Wildman–Crippen MR) is 175 cm³/mol. The number of aliphatic hydroxyl groups excluding tert-OH is 2. The summed E-state index contributed by atoms with van der Waals surface area (Å²) in [6.07, 6.45) is 2.38. The van der Waals surface area contributed by atoms with Crippen molar-refractivity contribution in [2.75, 3.05) is 18.1 Å². The van der Waals surface area contributed by atoms with E-state index in [1.807, 2.05) is 19.9 Å². The molecule has 1 aliphatic rings. The van der Waals surface area contributed by atoms with Crippen LogP contribution in [0.2, 0.25) is 0 Å². The van der Waals surface area contributed by atoms with Gasteiger partial charge in [-0.25, -0.2) is 26.9 Å². The number of aromatic amines is 1. The standard InChI is InChI=1S/C35H38F2N4O5S/c1-35(2)13-5-8-24(21-6-4-7-22(16-21)31(43)19-42)33-39-34(41(3)40-33)27-17-23(9-10-28(27)36)46-32-26(12-15-47(44,45)20-35)25-11-14-38-30(25)18-29(32)37/h4,6-7,9-11,14,16-18,24,31,38,42-43H,5,8,12-13,15,19-20H2,1-3H3. The Balaban J connectivity index is 1.49. The van der Waals surface area contributed by atoms with Gasteiger partial charge in [-0.15, -0.1) is 0 Å². The quantitative estimate of drug-likeness (QED) is 0.205. The molecule has 0 aliphatic carbocycles. The van der Waals surface area contributed by atoms with Crippen molar-refractivity contribution in [3.05, 3.63) is 94.9 Å². The van der Waals surface area contributed by atoms with E-state index >= 15 is 8.78 Å². The zero-order valence-electron chi connectivity index (χ0n) is 26.5. The molecule has 6 rings (SSSR count). The number of halogens is 2. The Bertz CT molecular complexity index is 2040. The molecule has 2 unspecified atom stereocenters. The molecular formula is C35H38F2N4O5S. The first kappa shape index (κ1) is 32.8. The van der Waals surface area contributed by atoms with E-state index in [0.29, 0.717) is 47.1 Å². The molecule has 47 heavy (non-hydrogen) atoms. The number of aliphatic hydroxyl groups is 2. The van der Waals surface area contributed by atoms with E-state index in [9.17, 15) is 18.6 Å². The molecule has 3 N–H and O–H groups in total. The number of aromatic nitrogens is 4. The van der Waals surface area contributed by atoms with Crippen molar-refractivity contribution in [1.82, 2.24) is 19.7 Å². The van der Waals surface area contributed by atoms with E-state index in [-0.39, 0.29) is 46.7 Å². The highest BCUT2D eigenvalue weighted by molar-refractivity contribution is 7.91. The van der Waals surface area contributed by atoms with Gasteiger partial charge in [0.15, 0.2) is 33.1 Å². The van der Waals surface area contributed by atoms with Crippen molar-refractivity contribution in [3.8, 4) is 22.9 Å². The zero-order valence-corrected chi connectivity index (χ0v) is 27.3. The Morgan fingerprint density at radius 2 is 1.94 bits per heavy atom. The van der Waals surface area contributed by atoms with Crippen molar-refractivity contribution < 1.29 is 32.1 Å². The van der Waals surface area contributed by atoms with Gasteiger partial charge in [0.05, 0.1) is 23.7 Å². The van der Waals surface area contributed by atoms with Crippen molar-refractivity contribution in [3.63, 3.8) is 0 Å². The van der Waals surface area contributed by atoms with Gasteiger partial charge >= 0.3 is 0 Å². The van der Waals surface area contributed by atoms with Gasteiger partial charge in [0.2, 0.25) is 0 Å². The fourth-order valence-corrected chi connectivity index (χ4v) is 8.54. The summed E-state index contributed by atoms with van der Waals surface area (Å²) < 4.78 is 65.6. The van der Waals surface area contributed by atoms with Gasteiger partial charge < -0.3 is 19.9 Å². The summed E-state index contributed by atoms with van der Waals surface area (Å²) in [7, 11) is -1.91. The second-order valence-electron chi connectivity index (χ2n) is 13.1. The molecule has 0 saturated heterocycles. The summed E-state index contributed by atoms with van der Waals surface area (Å²) >= 11 is 0. The molecule has 0 spiro atoms. The van der Waals surface area contributed by atoms with Crippen molar-refractivity contribution in [2.45, 2.75) is 51.6 Å². The summed E-state index contributed by atoms with van der Waals surface area (Å²) in [4.78, 5) is 7.77. The Hall–Kier alpha value is -4.13. The number of fused-ring (bicyclic) bond motifs is 8. The van der Waals surface area contributed by atoms with E-state index in [2.05, 4.69) is 10.1 Å². The summed E-state index contributed by atoms with van der Waals surface area (Å²) in [5.41, 5.74) is 1.79. The maximum atomic E-state index is 15.6. The van der Waals surface area contributed by atoms with Crippen LogP contribution in [0.15, 0.2) is 60.8 Å². The largest absolute Gasteiger partial charge is 0.454 e. The van der Waals surface area contributed by atoms with Crippen molar-refractivity contribution >= 4 is 20.7 Å². The normalized spacial score (nSPS) is 18.9. The van der Waals surface area contributed by atoms with Gasteiger partial charge in [-0.2, -0.15) is 5.10 Å². The van der Waals surface area contributed by atoms with Crippen LogP contribution in [0.4, 0.5) is 8.78 Å². The molecule has 2 aromatic heterocycles. The number of hydrogen-bond acceptors (Lipinski definition) is 7. The minimum atomic E-state index is -3.58. The molecule has 0 fully saturated rings. The number of sulfone groups is 1. The van der Waals surface area contributed by atoms with Crippen molar-refractivity contribution in [2.24, 2.45) is 12.5 Å². The third-order valence-corrected chi connectivity index (χ3v) is 10.9. The summed E-state index contributed by atoms with van der Waals surface area (Å²) in [6.45, 7) is 3.40. The SMILES string of the molecule is Cn1nc2nc1-c1cc(ccc1F)Oc1c(F)cc3[nH]ccc3c1CCS(=O)(=O)CC(C)(C)CCCC2c1cccc(C(O)CO)c1. The smallest absolute Gasteiger partial charge is 0.168 e. The second-order valence-corrected chi connectivity index (χ2v) is 15.3. The maximum Gasteiger partial charge on any atom is 0.168 e. The molecule has 0 radical (unpaired) electrons. The number of nitrogens with one attached hydrogen (secondary N) is 1. The van der Waals surface area contributed by atoms with Crippen LogP contribution < -0.4 is 4.74 Å². The second kappa shape index (κ2) is 12.8. The van der Waals surface area contributed by atoms with Gasteiger partial charge in [0.25, 0.3) is 0 Å². The molecule has 5 aromatic rings. The van der Waals surface area contributed by atoms with E-state index in [0.717, 1.165) is 5.56 Å². The Labute approximate surface area is 272 Å². The Kier molecular flexibility index (Phi) is 8.94. The predicted octanol–water partition coefficient (Wildman–Crippen LogP) is 6.36. The number of H-pyrrole nitrogens is 1. The number of ether oxygens (including phenoxy) is 1. The third kappa shape index (κ3) is 6.95. The first-order valence-corrected chi connectivity index (χ1v) is 17.4. The highest BCUT2D eigenvalue weighted by Crippen LogP contribution is 2.39. The van der Waals surface area contributed by atoms with Crippen molar-refractivity contribution in [1.29, 1.82) is 0 Å². The molecule has 3 aromatic carbocycles. The monoisotopic (exact) mass is 664 g/mol. The molecule has 1 aliphatic heterocycles. The number of nitrogens with zero attached hydrogens (tertiary/aromatic N) is 3. The number of rotatable bonds is 3. The Morgan fingerprint density at radius 3 is 2.72 bits per heavy atom. The fraction of sp³-hybridized carbons (Fsp3) is 0.371. The van der Waals surface area contributed by atoms with Gasteiger partial charge in [0, 0.05) is 41.7 Å². The minimum absolute atomic E-state index is 0.0265. The molecule has 9 nitrogen and oxygen atoms in total. The first-order chi connectivity index (χ1) is 22.3. The lowest BCUT2D eigenvalue weighted by atomic mass is 9.85. The van der Waals surface area contributed by atoms with Crippen LogP contribution in [0.25, 0.3) is 22.3 Å². The molecule has 4 bridgehead atoms. The van der Waals surface area contributed by atoms with Crippen LogP contribution in [0.5, 0.6) is 11.5 Å². The lowest BCUT2D eigenvalue weighted by molar-refractivity contribution is 0.0955. The first-order valence-electron chi connectivity index (χ1n) is 15.6. The average molecular weight is 665 g/mol. The third-order valence-electron chi connectivity index (χ3n) is 8.85. The molecule has 0 saturated carbocycles. The molecular weight excluding hydrogens is 626 g/mol. The fourth-order valence-electron chi connectivity index (χ4n) is 6.54. The van der Waals surface area contributed by atoms with Gasteiger partial charge in [-0.3, -0.25) is 0 Å². The Morgan fingerprint density at radius 1 is 1.13 bits per heavy atom. The van der Waals surface area contributed by atoms with Crippen LogP contribution in [-0.2, 0) is 23.3 Å². The maximum absolute atomic E-state index is 15.6. The van der Waals surface area contributed by atoms with Gasteiger partial charge in [0.1, 0.15) is 17.7 Å². The van der Waals surface area contributed by atoms with Crippen LogP contribution in [0.3, 0.4) is 0 Å². The average Bonchev–Trinajstić information content (AvgIpc) is 3.64. The molecule has 2 atom stereocenters.